The third-order valence-corrected chi connectivity index (χ3v) is 2.68. The monoisotopic (exact) mass is 253 g/mol. The summed E-state index contributed by atoms with van der Waals surface area (Å²) in [4.78, 5) is 24.3. The maximum atomic E-state index is 11.8. The summed E-state index contributed by atoms with van der Waals surface area (Å²) in [7, 11) is 0. The van der Waals surface area contributed by atoms with Crippen LogP contribution in [0.3, 0.4) is 0 Å². The predicted molar refractivity (Wildman–Crippen MR) is 68.4 cm³/mol. The van der Waals surface area contributed by atoms with Crippen LogP contribution in [-0.2, 0) is 0 Å². The van der Waals surface area contributed by atoms with Crippen molar-refractivity contribution < 1.29 is 9.72 Å². The van der Waals surface area contributed by atoms with Crippen LogP contribution in [-0.4, -0.2) is 21.9 Å². The van der Waals surface area contributed by atoms with E-state index in [-0.39, 0.29) is 23.3 Å². The van der Waals surface area contributed by atoms with Gasteiger partial charge in [0.25, 0.3) is 11.6 Å². The number of aromatic nitrogens is 1. The van der Waals surface area contributed by atoms with E-state index in [9.17, 15) is 14.9 Å². The topological polar surface area (TPSA) is 88.0 Å². The van der Waals surface area contributed by atoms with Gasteiger partial charge in [-0.25, -0.2) is 0 Å². The van der Waals surface area contributed by atoms with Crippen LogP contribution < -0.4 is 5.32 Å². The molecule has 0 aromatic carbocycles. The number of H-pyrrole nitrogens is 1. The number of rotatable bonds is 6. The lowest BCUT2D eigenvalue weighted by atomic mass is 10.0. The minimum atomic E-state index is -0.532. The van der Waals surface area contributed by atoms with Gasteiger partial charge in [0, 0.05) is 12.1 Å². The normalized spacial score (nSPS) is 12.4. The minimum absolute atomic E-state index is 0.0576. The molecular weight excluding hydrogens is 234 g/mol. The molecule has 100 valence electrons. The Balaban J connectivity index is 2.51. The van der Waals surface area contributed by atoms with Crippen molar-refractivity contribution in [1.29, 1.82) is 0 Å². The lowest BCUT2D eigenvalue weighted by Gasteiger charge is -2.14. The van der Waals surface area contributed by atoms with Crippen molar-refractivity contribution in [2.45, 2.75) is 39.7 Å². The Morgan fingerprint density at radius 2 is 2.11 bits per heavy atom. The van der Waals surface area contributed by atoms with Gasteiger partial charge in [0.15, 0.2) is 0 Å². The van der Waals surface area contributed by atoms with E-state index < -0.39 is 4.92 Å². The van der Waals surface area contributed by atoms with E-state index in [0.717, 1.165) is 12.8 Å². The first-order valence-corrected chi connectivity index (χ1v) is 6.03. The lowest BCUT2D eigenvalue weighted by Crippen LogP contribution is -2.32. The molecule has 1 atom stereocenters. The SMILES string of the molecule is CC(C)CCC(C)NC(=O)c1cc([N+](=O)[O-])c[nH]1. The zero-order chi connectivity index (χ0) is 13.7. The second-order valence-corrected chi connectivity index (χ2v) is 4.87. The summed E-state index contributed by atoms with van der Waals surface area (Å²) in [5, 5.41) is 13.3. The molecule has 1 unspecified atom stereocenters. The Morgan fingerprint density at radius 3 is 2.61 bits per heavy atom. The number of nitrogens with one attached hydrogen (secondary N) is 2. The number of nitrogens with zero attached hydrogens (tertiary/aromatic N) is 1. The number of amides is 1. The molecule has 1 aromatic rings. The van der Waals surface area contributed by atoms with Gasteiger partial charge >= 0.3 is 0 Å². The molecule has 0 aliphatic rings. The predicted octanol–water partition coefficient (Wildman–Crippen LogP) is 2.48. The molecule has 0 aliphatic carbocycles. The van der Waals surface area contributed by atoms with Gasteiger partial charge in [-0.3, -0.25) is 14.9 Å². The van der Waals surface area contributed by atoms with Crippen molar-refractivity contribution in [1.82, 2.24) is 10.3 Å². The van der Waals surface area contributed by atoms with E-state index in [4.69, 9.17) is 0 Å². The maximum Gasteiger partial charge on any atom is 0.287 e. The summed E-state index contributed by atoms with van der Waals surface area (Å²) in [6, 6.07) is 1.30. The average molecular weight is 253 g/mol. The molecule has 1 heterocycles. The van der Waals surface area contributed by atoms with Crippen molar-refractivity contribution in [3.8, 4) is 0 Å². The van der Waals surface area contributed by atoms with E-state index in [2.05, 4.69) is 24.1 Å². The van der Waals surface area contributed by atoms with Crippen LogP contribution in [0.5, 0.6) is 0 Å². The zero-order valence-corrected chi connectivity index (χ0v) is 10.9. The summed E-state index contributed by atoms with van der Waals surface area (Å²) < 4.78 is 0. The average Bonchev–Trinajstić information content (AvgIpc) is 2.75. The molecule has 0 saturated carbocycles. The van der Waals surface area contributed by atoms with Gasteiger partial charge in [-0.1, -0.05) is 13.8 Å². The highest BCUT2D eigenvalue weighted by molar-refractivity contribution is 5.93. The molecule has 0 spiro atoms. The Morgan fingerprint density at radius 1 is 1.44 bits per heavy atom. The van der Waals surface area contributed by atoms with Crippen LogP contribution in [0.15, 0.2) is 12.3 Å². The third kappa shape index (κ3) is 4.20. The summed E-state index contributed by atoms with van der Waals surface area (Å²) >= 11 is 0. The minimum Gasteiger partial charge on any atom is -0.351 e. The number of carbonyl (C=O) groups excluding carboxylic acids is 1. The van der Waals surface area contributed by atoms with Crippen molar-refractivity contribution in [3.63, 3.8) is 0 Å². The van der Waals surface area contributed by atoms with Crippen LogP contribution in [0.25, 0.3) is 0 Å². The highest BCUT2D eigenvalue weighted by Gasteiger charge is 2.16. The molecule has 6 nitrogen and oxygen atoms in total. The fourth-order valence-electron chi connectivity index (χ4n) is 1.58. The second-order valence-electron chi connectivity index (χ2n) is 4.87. The van der Waals surface area contributed by atoms with Crippen molar-refractivity contribution >= 4 is 11.6 Å². The van der Waals surface area contributed by atoms with Crippen LogP contribution >= 0.6 is 0 Å². The van der Waals surface area contributed by atoms with Crippen molar-refractivity contribution in [3.05, 3.63) is 28.1 Å². The van der Waals surface area contributed by atoms with E-state index in [1.165, 1.54) is 12.3 Å². The molecule has 0 aliphatic heterocycles. The fraction of sp³-hybridized carbons (Fsp3) is 0.583. The lowest BCUT2D eigenvalue weighted by molar-refractivity contribution is -0.384. The molecule has 1 aromatic heterocycles. The molecule has 0 saturated heterocycles. The molecule has 0 radical (unpaired) electrons. The number of carbonyl (C=O) groups is 1. The highest BCUT2D eigenvalue weighted by atomic mass is 16.6. The summed E-state index contributed by atoms with van der Waals surface area (Å²) in [6.45, 7) is 6.18. The summed E-state index contributed by atoms with van der Waals surface area (Å²) in [5.41, 5.74) is 0.119. The Hall–Kier alpha value is -1.85. The van der Waals surface area contributed by atoms with Gasteiger partial charge in [0.1, 0.15) is 5.69 Å². The number of aromatic amines is 1. The fourth-order valence-corrected chi connectivity index (χ4v) is 1.58. The van der Waals surface area contributed by atoms with Gasteiger partial charge in [0.2, 0.25) is 0 Å². The first kappa shape index (κ1) is 14.2. The summed E-state index contributed by atoms with van der Waals surface area (Å²) in [5.74, 6) is 0.287. The summed E-state index contributed by atoms with van der Waals surface area (Å²) in [6.07, 6.45) is 3.15. The molecule has 2 N–H and O–H groups in total. The van der Waals surface area contributed by atoms with E-state index in [1.54, 1.807) is 0 Å². The van der Waals surface area contributed by atoms with Crippen molar-refractivity contribution in [2.75, 3.05) is 0 Å². The molecule has 0 fully saturated rings. The maximum absolute atomic E-state index is 11.8. The zero-order valence-electron chi connectivity index (χ0n) is 10.9. The van der Waals surface area contributed by atoms with Gasteiger partial charge in [-0.2, -0.15) is 0 Å². The van der Waals surface area contributed by atoms with Crippen LogP contribution in [0.2, 0.25) is 0 Å². The smallest absolute Gasteiger partial charge is 0.287 e. The van der Waals surface area contributed by atoms with Crippen LogP contribution in [0.4, 0.5) is 5.69 Å². The van der Waals surface area contributed by atoms with Crippen molar-refractivity contribution in [2.24, 2.45) is 5.92 Å². The molecule has 6 heteroatoms. The molecule has 18 heavy (non-hydrogen) atoms. The quantitative estimate of drug-likeness (QED) is 0.603. The molecule has 0 bridgehead atoms. The van der Waals surface area contributed by atoms with Gasteiger partial charge in [0.05, 0.1) is 11.1 Å². The first-order valence-electron chi connectivity index (χ1n) is 6.03. The van der Waals surface area contributed by atoms with Crippen LogP contribution in [0, 0.1) is 16.0 Å². The van der Waals surface area contributed by atoms with Gasteiger partial charge in [-0.05, 0) is 25.7 Å². The third-order valence-electron chi connectivity index (χ3n) is 2.68. The first-order chi connectivity index (χ1) is 8.40. The largest absolute Gasteiger partial charge is 0.351 e. The van der Waals surface area contributed by atoms with E-state index >= 15 is 0 Å². The highest BCUT2D eigenvalue weighted by Crippen LogP contribution is 2.12. The molecule has 1 rings (SSSR count). The number of hydrogen-bond donors (Lipinski definition) is 2. The number of hydrogen-bond acceptors (Lipinski definition) is 3. The Bertz CT molecular complexity index is 426. The Kier molecular flexibility index (Phi) is 4.88. The number of nitro groups is 1. The van der Waals surface area contributed by atoms with E-state index in [1.807, 2.05) is 6.92 Å². The molecule has 1 amide bonds. The Labute approximate surface area is 106 Å². The van der Waals surface area contributed by atoms with Gasteiger partial charge < -0.3 is 10.3 Å². The standard InChI is InChI=1S/C12H19N3O3/c1-8(2)4-5-9(3)14-12(16)11-6-10(7-13-11)15(17)18/h6-9,13H,4-5H2,1-3H3,(H,14,16). The second kappa shape index (κ2) is 6.18. The van der Waals surface area contributed by atoms with Crippen LogP contribution in [0.1, 0.15) is 44.1 Å². The molecular formula is C12H19N3O3. The van der Waals surface area contributed by atoms with E-state index in [0.29, 0.717) is 5.92 Å². The van der Waals surface area contributed by atoms with Gasteiger partial charge in [-0.15, -0.1) is 0 Å².